The van der Waals surface area contributed by atoms with Crippen LogP contribution in [0.2, 0.25) is 10.0 Å². The predicted molar refractivity (Wildman–Crippen MR) is 119 cm³/mol. The molecule has 1 aliphatic heterocycles. The number of nitrogens with zero attached hydrogens (tertiary/aromatic N) is 3. The van der Waals surface area contributed by atoms with Gasteiger partial charge in [0.15, 0.2) is 6.29 Å². The molecule has 31 heavy (non-hydrogen) atoms. The second kappa shape index (κ2) is 11.1. The monoisotopic (exact) mass is 461 g/mol. The molecule has 0 spiro atoms. The Balaban J connectivity index is 1.31. The lowest BCUT2D eigenvalue weighted by Gasteiger charge is -2.31. The molecule has 4 rings (SSSR count). The Kier molecular flexibility index (Phi) is 7.94. The molecule has 2 heterocycles. The summed E-state index contributed by atoms with van der Waals surface area (Å²) in [6, 6.07) is 15.5. The first-order chi connectivity index (χ1) is 15.2. The lowest BCUT2D eigenvalue weighted by Crippen LogP contribution is -2.33. The van der Waals surface area contributed by atoms with Gasteiger partial charge in [0, 0.05) is 10.0 Å². The highest BCUT2D eigenvalue weighted by Crippen LogP contribution is 2.26. The largest absolute Gasteiger partial charge is 0.369 e. The van der Waals surface area contributed by atoms with Gasteiger partial charge >= 0.3 is 0 Å². The van der Waals surface area contributed by atoms with Crippen LogP contribution in [-0.4, -0.2) is 33.8 Å². The average molecular weight is 462 g/mol. The van der Waals surface area contributed by atoms with Crippen molar-refractivity contribution >= 4 is 23.2 Å². The lowest BCUT2D eigenvalue weighted by molar-refractivity contribution is -0.213. The van der Waals surface area contributed by atoms with E-state index in [0.717, 1.165) is 30.4 Å². The fourth-order valence-corrected chi connectivity index (χ4v) is 4.04. The molecule has 0 N–H and O–H groups in total. The van der Waals surface area contributed by atoms with E-state index in [1.54, 1.807) is 17.1 Å². The number of hydrogen-bond acceptors (Lipinski definition) is 5. The second-order valence-electron chi connectivity index (χ2n) is 7.52. The van der Waals surface area contributed by atoms with Crippen molar-refractivity contribution < 1.29 is 14.2 Å². The van der Waals surface area contributed by atoms with Crippen LogP contribution in [0.3, 0.4) is 0 Å². The number of hydrogen-bond donors (Lipinski definition) is 0. The quantitative estimate of drug-likeness (QED) is 0.423. The van der Waals surface area contributed by atoms with Crippen LogP contribution >= 0.6 is 23.2 Å². The third-order valence-electron chi connectivity index (χ3n) is 5.22. The maximum atomic E-state index is 6.28. The summed E-state index contributed by atoms with van der Waals surface area (Å²) < 4.78 is 20.2. The van der Waals surface area contributed by atoms with Gasteiger partial charge in [-0.25, -0.2) is 4.98 Å². The topological polar surface area (TPSA) is 58.4 Å². The summed E-state index contributed by atoms with van der Waals surface area (Å²) in [7, 11) is 0. The minimum Gasteiger partial charge on any atom is -0.369 e. The Hall–Kier alpha value is -1.96. The van der Waals surface area contributed by atoms with E-state index in [1.165, 1.54) is 6.33 Å². The van der Waals surface area contributed by atoms with E-state index in [-0.39, 0.29) is 18.5 Å². The van der Waals surface area contributed by atoms with E-state index < -0.39 is 0 Å². The van der Waals surface area contributed by atoms with Crippen molar-refractivity contribution in [3.63, 3.8) is 0 Å². The molecule has 0 radical (unpaired) electrons. The Bertz CT molecular complexity index is 941. The van der Waals surface area contributed by atoms with Crippen molar-refractivity contribution in [3.8, 4) is 0 Å². The molecule has 6 nitrogen and oxygen atoms in total. The standard InChI is InChI=1S/C23H25Cl2N3O3/c24-19-10-9-18(21(25)11-19)13-30-23-8-4-7-20(31-23)14-29-22(12-28-16-26-15-27-28)17-5-2-1-3-6-17/h1-3,5-6,9-11,15-16,20,22-23H,4,7-8,12-14H2. The van der Waals surface area contributed by atoms with Crippen molar-refractivity contribution in [1.82, 2.24) is 14.8 Å². The average Bonchev–Trinajstić information content (AvgIpc) is 3.30. The minimum atomic E-state index is -0.278. The molecule has 1 saturated heterocycles. The minimum absolute atomic E-state index is 0.0265. The van der Waals surface area contributed by atoms with Crippen molar-refractivity contribution in [2.45, 2.75) is 50.9 Å². The highest BCUT2D eigenvalue weighted by Gasteiger charge is 2.25. The molecule has 1 fully saturated rings. The van der Waals surface area contributed by atoms with Gasteiger partial charge in [-0.2, -0.15) is 5.10 Å². The molecular weight excluding hydrogens is 437 g/mol. The van der Waals surface area contributed by atoms with Crippen LogP contribution in [0, 0.1) is 0 Å². The number of benzene rings is 2. The summed E-state index contributed by atoms with van der Waals surface area (Å²) in [6.07, 6.45) is 5.59. The normalized spacial score (nSPS) is 19.9. The first-order valence-electron chi connectivity index (χ1n) is 10.4. The summed E-state index contributed by atoms with van der Waals surface area (Å²) in [5.41, 5.74) is 1.99. The molecule has 0 amide bonds. The van der Waals surface area contributed by atoms with E-state index in [1.807, 2.05) is 30.3 Å². The first-order valence-corrected chi connectivity index (χ1v) is 11.1. The van der Waals surface area contributed by atoms with Crippen molar-refractivity contribution in [1.29, 1.82) is 0 Å². The van der Waals surface area contributed by atoms with Crippen LogP contribution in [0.1, 0.15) is 36.5 Å². The number of aromatic nitrogens is 3. The second-order valence-corrected chi connectivity index (χ2v) is 8.36. The zero-order valence-corrected chi connectivity index (χ0v) is 18.6. The molecule has 2 aromatic carbocycles. The molecule has 3 unspecified atom stereocenters. The van der Waals surface area contributed by atoms with Gasteiger partial charge in [0.05, 0.1) is 25.9 Å². The van der Waals surface area contributed by atoms with E-state index >= 15 is 0 Å². The third kappa shape index (κ3) is 6.51. The Labute approximate surface area is 192 Å². The third-order valence-corrected chi connectivity index (χ3v) is 5.81. The van der Waals surface area contributed by atoms with E-state index in [2.05, 4.69) is 22.2 Å². The number of ether oxygens (including phenoxy) is 3. The molecule has 1 aliphatic rings. The highest BCUT2D eigenvalue weighted by atomic mass is 35.5. The highest BCUT2D eigenvalue weighted by molar-refractivity contribution is 6.35. The number of halogens is 2. The summed E-state index contributed by atoms with van der Waals surface area (Å²) in [6.45, 7) is 1.45. The first kappa shape index (κ1) is 22.2. The van der Waals surface area contributed by atoms with Crippen LogP contribution in [0.15, 0.2) is 61.2 Å². The Morgan fingerprint density at radius 3 is 2.77 bits per heavy atom. The molecule has 3 atom stereocenters. The maximum absolute atomic E-state index is 6.28. The predicted octanol–water partition coefficient (Wildman–Crippen LogP) is 5.45. The fraction of sp³-hybridized carbons (Fsp3) is 0.391. The van der Waals surface area contributed by atoms with E-state index in [4.69, 9.17) is 37.4 Å². The molecule has 1 aromatic heterocycles. The summed E-state index contributed by atoms with van der Waals surface area (Å²) in [4.78, 5) is 4.02. The summed E-state index contributed by atoms with van der Waals surface area (Å²) in [5.74, 6) is 0. The van der Waals surface area contributed by atoms with Crippen molar-refractivity contribution in [2.24, 2.45) is 0 Å². The van der Waals surface area contributed by atoms with Gasteiger partial charge in [-0.3, -0.25) is 4.68 Å². The van der Waals surface area contributed by atoms with Crippen LogP contribution in [0.5, 0.6) is 0 Å². The SMILES string of the molecule is Clc1ccc(COC2CCCC(COC(Cn3cncn3)c3ccccc3)O2)c(Cl)c1. The van der Waals surface area contributed by atoms with E-state index in [9.17, 15) is 0 Å². The Morgan fingerprint density at radius 2 is 2.00 bits per heavy atom. The summed E-state index contributed by atoms with van der Waals surface area (Å²) >= 11 is 12.2. The Morgan fingerprint density at radius 1 is 1.13 bits per heavy atom. The van der Waals surface area contributed by atoms with Gasteiger partial charge in [-0.15, -0.1) is 0 Å². The van der Waals surface area contributed by atoms with Gasteiger partial charge < -0.3 is 14.2 Å². The smallest absolute Gasteiger partial charge is 0.158 e. The van der Waals surface area contributed by atoms with Gasteiger partial charge in [-0.05, 0) is 42.5 Å². The molecule has 0 aliphatic carbocycles. The van der Waals surface area contributed by atoms with Gasteiger partial charge in [0.1, 0.15) is 18.8 Å². The van der Waals surface area contributed by atoms with Crippen LogP contribution < -0.4 is 0 Å². The number of rotatable bonds is 9. The molecule has 0 bridgehead atoms. The van der Waals surface area contributed by atoms with Crippen LogP contribution in [-0.2, 0) is 27.4 Å². The zero-order valence-electron chi connectivity index (χ0n) is 17.1. The molecule has 3 aromatic rings. The molecular formula is C23H25Cl2N3O3. The maximum Gasteiger partial charge on any atom is 0.158 e. The molecule has 164 valence electrons. The van der Waals surface area contributed by atoms with E-state index in [0.29, 0.717) is 29.8 Å². The van der Waals surface area contributed by atoms with Gasteiger partial charge in [0.25, 0.3) is 0 Å². The fourth-order valence-electron chi connectivity index (χ4n) is 3.57. The summed E-state index contributed by atoms with van der Waals surface area (Å²) in [5, 5.41) is 5.42. The van der Waals surface area contributed by atoms with Crippen LogP contribution in [0.4, 0.5) is 0 Å². The van der Waals surface area contributed by atoms with Crippen molar-refractivity contribution in [2.75, 3.05) is 6.61 Å². The lowest BCUT2D eigenvalue weighted by atomic mass is 10.1. The molecule has 8 heteroatoms. The van der Waals surface area contributed by atoms with Crippen LogP contribution in [0.25, 0.3) is 0 Å². The molecule has 0 saturated carbocycles. The van der Waals surface area contributed by atoms with Crippen molar-refractivity contribution in [3.05, 3.63) is 82.4 Å². The van der Waals surface area contributed by atoms with Gasteiger partial charge in [0.2, 0.25) is 0 Å². The zero-order chi connectivity index (χ0) is 21.5. The van der Waals surface area contributed by atoms with Gasteiger partial charge in [-0.1, -0.05) is 59.6 Å².